The van der Waals surface area contributed by atoms with Crippen molar-refractivity contribution in [1.29, 1.82) is 0 Å². The molecule has 1 aliphatic carbocycles. The van der Waals surface area contributed by atoms with Crippen LogP contribution in [0.1, 0.15) is 44.0 Å². The van der Waals surface area contributed by atoms with Gasteiger partial charge in [-0.1, -0.05) is 13.8 Å². The van der Waals surface area contributed by atoms with Crippen LogP contribution < -0.4 is 5.32 Å². The van der Waals surface area contributed by atoms with Crippen molar-refractivity contribution in [3.05, 3.63) is 23.1 Å². The first-order chi connectivity index (χ1) is 12.0. The molecule has 0 unspecified atom stereocenters. The first kappa shape index (κ1) is 16.7. The summed E-state index contributed by atoms with van der Waals surface area (Å²) in [4.78, 5) is 15.1. The van der Waals surface area contributed by atoms with Crippen molar-refractivity contribution >= 4 is 37.6 Å². The highest BCUT2D eigenvalue weighted by Gasteiger charge is 2.24. The predicted octanol–water partition coefficient (Wildman–Crippen LogP) is 3.72. The maximum Gasteiger partial charge on any atom is 0.147 e. The molecule has 0 aromatic carbocycles. The Morgan fingerprint density at radius 2 is 2.00 bits per heavy atom. The summed E-state index contributed by atoms with van der Waals surface area (Å²) in [6.07, 6.45) is 5.69. The number of aromatic nitrogens is 3. The standard InChI is InChI=1S/C19H24N4OS/c1-10(2)7-14-12-5-4-6-13(12)15-16-17(25-19(15)23-14)18(22-9-21-16)20-8-11(3)24/h9-11,24H,4-8H2,1-3H3,(H,20,21,22)/t11-/m0/s1. The molecule has 0 fully saturated rings. The van der Waals surface area contributed by atoms with Gasteiger partial charge in [0.15, 0.2) is 0 Å². The Kier molecular flexibility index (Phi) is 4.33. The third kappa shape index (κ3) is 2.98. The molecule has 0 amide bonds. The van der Waals surface area contributed by atoms with Crippen molar-refractivity contribution in [3.8, 4) is 0 Å². The molecule has 1 atom stereocenters. The fourth-order valence-electron chi connectivity index (χ4n) is 3.70. The van der Waals surface area contributed by atoms with Gasteiger partial charge in [-0.2, -0.15) is 0 Å². The Morgan fingerprint density at radius 3 is 2.76 bits per heavy atom. The fourth-order valence-corrected chi connectivity index (χ4v) is 4.85. The van der Waals surface area contributed by atoms with Crippen LogP contribution in [0.3, 0.4) is 0 Å². The Balaban J connectivity index is 1.92. The topological polar surface area (TPSA) is 70.9 Å². The lowest BCUT2D eigenvalue weighted by molar-refractivity contribution is 0.208. The fraction of sp³-hybridized carbons (Fsp3) is 0.526. The van der Waals surface area contributed by atoms with E-state index in [0.717, 1.165) is 40.1 Å². The molecule has 5 nitrogen and oxygen atoms in total. The Labute approximate surface area is 151 Å². The highest BCUT2D eigenvalue weighted by Crippen LogP contribution is 2.41. The highest BCUT2D eigenvalue weighted by molar-refractivity contribution is 7.26. The lowest BCUT2D eigenvalue weighted by Gasteiger charge is -2.11. The lowest BCUT2D eigenvalue weighted by atomic mass is 9.99. The van der Waals surface area contributed by atoms with Gasteiger partial charge in [0, 0.05) is 17.6 Å². The van der Waals surface area contributed by atoms with Gasteiger partial charge in [0.25, 0.3) is 0 Å². The summed E-state index contributed by atoms with van der Waals surface area (Å²) in [7, 11) is 0. The molecule has 1 aliphatic rings. The normalized spacial score (nSPS) is 15.2. The van der Waals surface area contributed by atoms with Gasteiger partial charge < -0.3 is 10.4 Å². The second-order valence-electron chi connectivity index (χ2n) is 7.38. The van der Waals surface area contributed by atoms with E-state index in [0.29, 0.717) is 12.5 Å². The summed E-state index contributed by atoms with van der Waals surface area (Å²) in [5, 5.41) is 14.0. The quantitative estimate of drug-likeness (QED) is 0.729. The van der Waals surface area contributed by atoms with Gasteiger partial charge >= 0.3 is 0 Å². The number of nitrogens with one attached hydrogen (secondary N) is 1. The Morgan fingerprint density at radius 1 is 1.20 bits per heavy atom. The maximum atomic E-state index is 9.56. The predicted molar refractivity (Wildman–Crippen MR) is 103 cm³/mol. The average molecular weight is 356 g/mol. The van der Waals surface area contributed by atoms with Crippen LogP contribution in [0.4, 0.5) is 5.82 Å². The summed E-state index contributed by atoms with van der Waals surface area (Å²) in [5.41, 5.74) is 5.18. The van der Waals surface area contributed by atoms with Gasteiger partial charge in [0.2, 0.25) is 0 Å². The van der Waals surface area contributed by atoms with E-state index < -0.39 is 6.10 Å². The number of thiophene rings is 1. The summed E-state index contributed by atoms with van der Waals surface area (Å²) >= 11 is 1.67. The summed E-state index contributed by atoms with van der Waals surface area (Å²) in [5.74, 6) is 1.40. The Hall–Kier alpha value is -1.79. The van der Waals surface area contributed by atoms with Crippen LogP contribution in [0, 0.1) is 5.92 Å². The molecule has 0 spiro atoms. The zero-order chi connectivity index (χ0) is 17.6. The first-order valence-corrected chi connectivity index (χ1v) is 9.86. The number of pyridine rings is 1. The number of rotatable bonds is 5. The number of hydrogen-bond acceptors (Lipinski definition) is 6. The lowest BCUT2D eigenvalue weighted by Crippen LogP contribution is -2.16. The van der Waals surface area contributed by atoms with E-state index in [1.807, 2.05) is 0 Å². The number of hydrogen-bond donors (Lipinski definition) is 2. The number of aryl methyl sites for hydroxylation is 1. The number of aliphatic hydroxyl groups excluding tert-OH is 1. The van der Waals surface area contributed by atoms with Gasteiger partial charge in [0.1, 0.15) is 17.0 Å². The molecule has 3 aromatic heterocycles. The zero-order valence-electron chi connectivity index (χ0n) is 15.0. The maximum absolute atomic E-state index is 9.56. The van der Waals surface area contributed by atoms with Crippen LogP contribution in [0.5, 0.6) is 0 Å². The molecule has 0 saturated carbocycles. The van der Waals surface area contributed by atoms with Gasteiger partial charge in [-0.15, -0.1) is 11.3 Å². The van der Waals surface area contributed by atoms with E-state index in [2.05, 4.69) is 29.1 Å². The van der Waals surface area contributed by atoms with Crippen molar-refractivity contribution in [2.75, 3.05) is 11.9 Å². The molecule has 25 heavy (non-hydrogen) atoms. The minimum atomic E-state index is -0.417. The van der Waals surface area contributed by atoms with E-state index >= 15 is 0 Å². The summed E-state index contributed by atoms with van der Waals surface area (Å²) < 4.78 is 1.04. The van der Waals surface area contributed by atoms with E-state index in [4.69, 9.17) is 4.98 Å². The van der Waals surface area contributed by atoms with E-state index in [-0.39, 0.29) is 0 Å². The van der Waals surface area contributed by atoms with Gasteiger partial charge in [0.05, 0.1) is 16.3 Å². The summed E-state index contributed by atoms with van der Waals surface area (Å²) in [6.45, 7) is 6.75. The third-order valence-electron chi connectivity index (χ3n) is 4.72. The van der Waals surface area contributed by atoms with Crippen LogP contribution in [-0.4, -0.2) is 32.7 Å². The number of anilines is 1. The minimum absolute atomic E-state index is 0.417. The van der Waals surface area contributed by atoms with Gasteiger partial charge in [-0.3, -0.25) is 0 Å². The largest absolute Gasteiger partial charge is 0.392 e. The molecule has 0 bridgehead atoms. The monoisotopic (exact) mass is 356 g/mol. The number of fused-ring (bicyclic) bond motifs is 5. The van der Waals surface area contributed by atoms with Crippen LogP contribution in [0.2, 0.25) is 0 Å². The molecule has 0 saturated heterocycles. The summed E-state index contributed by atoms with van der Waals surface area (Å²) in [6, 6.07) is 0. The van der Waals surface area contributed by atoms with Crippen LogP contribution in [0.25, 0.3) is 20.4 Å². The molecule has 2 N–H and O–H groups in total. The molecule has 0 aliphatic heterocycles. The molecule has 3 heterocycles. The van der Waals surface area contributed by atoms with Crippen molar-refractivity contribution in [2.24, 2.45) is 5.92 Å². The molecule has 3 aromatic rings. The SMILES string of the molecule is CC(C)Cc1nc2sc3c(NC[C@H](C)O)ncnc3c2c2c1CCC2. The van der Waals surface area contributed by atoms with Crippen LogP contribution in [-0.2, 0) is 19.3 Å². The Bertz CT molecular complexity index is 932. The minimum Gasteiger partial charge on any atom is -0.392 e. The van der Waals surface area contributed by atoms with Gasteiger partial charge in [-0.05, 0) is 49.7 Å². The number of aliphatic hydroxyl groups is 1. The van der Waals surface area contributed by atoms with Crippen molar-refractivity contribution < 1.29 is 5.11 Å². The van der Waals surface area contributed by atoms with E-state index in [1.54, 1.807) is 24.6 Å². The highest BCUT2D eigenvalue weighted by atomic mass is 32.1. The van der Waals surface area contributed by atoms with E-state index in [9.17, 15) is 5.11 Å². The average Bonchev–Trinajstić information content (AvgIpc) is 3.16. The molecule has 132 valence electrons. The molecule has 6 heteroatoms. The second-order valence-corrected chi connectivity index (χ2v) is 8.38. The van der Waals surface area contributed by atoms with Crippen molar-refractivity contribution in [3.63, 3.8) is 0 Å². The third-order valence-corrected chi connectivity index (χ3v) is 5.80. The zero-order valence-corrected chi connectivity index (χ0v) is 15.8. The molecular formula is C19H24N4OS. The number of nitrogens with zero attached hydrogens (tertiary/aromatic N) is 3. The van der Waals surface area contributed by atoms with Gasteiger partial charge in [-0.25, -0.2) is 15.0 Å². The van der Waals surface area contributed by atoms with Crippen LogP contribution in [0.15, 0.2) is 6.33 Å². The van der Waals surface area contributed by atoms with Crippen molar-refractivity contribution in [1.82, 2.24) is 15.0 Å². The van der Waals surface area contributed by atoms with Crippen molar-refractivity contribution in [2.45, 2.75) is 52.6 Å². The smallest absolute Gasteiger partial charge is 0.147 e. The second kappa shape index (κ2) is 6.50. The van der Waals surface area contributed by atoms with Crippen LogP contribution >= 0.6 is 11.3 Å². The molecule has 4 rings (SSSR count). The molecule has 0 radical (unpaired) electrons. The molecular weight excluding hydrogens is 332 g/mol. The van der Waals surface area contributed by atoms with E-state index in [1.165, 1.54) is 28.6 Å². The first-order valence-electron chi connectivity index (χ1n) is 9.04.